The van der Waals surface area contributed by atoms with Crippen molar-refractivity contribution in [1.29, 1.82) is 0 Å². The monoisotopic (exact) mass is 763 g/mol. The fourth-order valence-corrected chi connectivity index (χ4v) is 12.0. The molecule has 2 atom stereocenters. The molecule has 0 radical (unpaired) electrons. The maximum absolute atomic E-state index is 2.54. The van der Waals surface area contributed by atoms with Gasteiger partial charge in [0.2, 0.25) is 0 Å². The van der Waals surface area contributed by atoms with E-state index in [0.29, 0.717) is 0 Å². The number of nitrogens with zero attached hydrogens (tertiary/aromatic N) is 1. The minimum Gasteiger partial charge on any atom is -0.309 e. The third-order valence-electron chi connectivity index (χ3n) is 14.4. The minimum atomic E-state index is -0.560. The third kappa shape index (κ3) is 4.17. The molecule has 10 aromatic rings. The van der Waals surface area contributed by atoms with Crippen LogP contribution in [0.15, 0.2) is 206 Å². The van der Waals surface area contributed by atoms with Crippen molar-refractivity contribution >= 4 is 21.8 Å². The van der Waals surface area contributed by atoms with Crippen molar-refractivity contribution in [3.8, 4) is 39.1 Å². The topological polar surface area (TPSA) is 4.93 Å². The molecule has 1 spiro atoms. The van der Waals surface area contributed by atoms with Crippen molar-refractivity contribution in [2.75, 3.05) is 0 Å². The van der Waals surface area contributed by atoms with E-state index in [0.717, 1.165) is 0 Å². The number of fused-ring (bicyclic) bond motifs is 15. The molecule has 0 N–H and O–H groups in total. The average molecular weight is 764 g/mol. The zero-order valence-corrected chi connectivity index (χ0v) is 33.7. The van der Waals surface area contributed by atoms with Crippen LogP contribution >= 0.6 is 0 Å². The molecular formula is C59H41N. The second kappa shape index (κ2) is 12.2. The first-order valence-electron chi connectivity index (χ1n) is 21.3. The molecule has 2 unspecified atom stereocenters. The lowest BCUT2D eigenvalue weighted by molar-refractivity contribution is 0.659. The van der Waals surface area contributed by atoms with Crippen molar-refractivity contribution in [2.24, 2.45) is 0 Å². The Morgan fingerprint density at radius 1 is 0.383 bits per heavy atom. The van der Waals surface area contributed by atoms with Gasteiger partial charge in [0.25, 0.3) is 0 Å². The Labute approximate surface area is 350 Å². The van der Waals surface area contributed by atoms with E-state index < -0.39 is 5.41 Å². The van der Waals surface area contributed by atoms with Gasteiger partial charge in [0.15, 0.2) is 0 Å². The Morgan fingerprint density at radius 2 is 0.933 bits per heavy atom. The van der Waals surface area contributed by atoms with Gasteiger partial charge in [-0.3, -0.25) is 0 Å². The number of aromatic nitrogens is 1. The van der Waals surface area contributed by atoms with Gasteiger partial charge in [-0.05, 0) is 95.6 Å². The van der Waals surface area contributed by atoms with Gasteiger partial charge in [-0.15, -0.1) is 0 Å². The van der Waals surface area contributed by atoms with Gasteiger partial charge >= 0.3 is 0 Å². The van der Waals surface area contributed by atoms with Gasteiger partial charge in [0.05, 0.1) is 22.1 Å². The maximum Gasteiger partial charge on any atom is 0.0760 e. The van der Waals surface area contributed by atoms with E-state index in [4.69, 9.17) is 0 Å². The summed E-state index contributed by atoms with van der Waals surface area (Å²) in [4.78, 5) is 0. The molecule has 2 heterocycles. The van der Waals surface area contributed by atoms with Gasteiger partial charge in [0.1, 0.15) is 0 Å². The van der Waals surface area contributed by atoms with Crippen LogP contribution in [0.1, 0.15) is 69.8 Å². The van der Waals surface area contributed by atoms with Crippen molar-refractivity contribution in [3.63, 3.8) is 0 Å². The third-order valence-corrected chi connectivity index (χ3v) is 14.4. The SMILES string of the molecule is CC1(C)c2ccccc2-c2c(C(c3ccccc3)c3ccccc3-c3cccc4c3C3(c5ccccc5-4)c4ccccc4-n4c5ccccc5c5cccc3c54)cccc21. The molecule has 282 valence electrons. The first-order valence-corrected chi connectivity index (χ1v) is 21.3. The number of rotatable bonds is 4. The van der Waals surface area contributed by atoms with E-state index >= 15 is 0 Å². The Balaban J connectivity index is 1.15. The van der Waals surface area contributed by atoms with Crippen LogP contribution in [0.5, 0.6) is 0 Å². The van der Waals surface area contributed by atoms with Gasteiger partial charge in [-0.1, -0.05) is 208 Å². The minimum absolute atomic E-state index is 0.0144. The zero-order valence-electron chi connectivity index (χ0n) is 33.7. The van der Waals surface area contributed by atoms with Crippen molar-refractivity contribution < 1.29 is 0 Å². The summed E-state index contributed by atoms with van der Waals surface area (Å²) in [5.74, 6) is -0.0144. The maximum atomic E-state index is 2.54. The molecule has 13 rings (SSSR count). The van der Waals surface area contributed by atoms with Crippen LogP contribution in [0.2, 0.25) is 0 Å². The largest absolute Gasteiger partial charge is 0.309 e. The summed E-state index contributed by atoms with van der Waals surface area (Å²) in [6.45, 7) is 4.78. The lowest BCUT2D eigenvalue weighted by Gasteiger charge is -2.40. The van der Waals surface area contributed by atoms with Crippen LogP contribution in [0.3, 0.4) is 0 Å². The molecule has 60 heavy (non-hydrogen) atoms. The highest BCUT2D eigenvalue weighted by Crippen LogP contribution is 2.63. The Bertz CT molecular complexity index is 3420. The van der Waals surface area contributed by atoms with Gasteiger partial charge in [0, 0.05) is 22.1 Å². The molecule has 9 aromatic carbocycles. The summed E-state index contributed by atoms with van der Waals surface area (Å²) >= 11 is 0. The molecular weight excluding hydrogens is 723 g/mol. The molecule has 0 fully saturated rings. The zero-order chi connectivity index (χ0) is 39.7. The number of para-hydroxylation sites is 3. The van der Waals surface area contributed by atoms with E-state index in [9.17, 15) is 0 Å². The van der Waals surface area contributed by atoms with Gasteiger partial charge in [-0.2, -0.15) is 0 Å². The smallest absolute Gasteiger partial charge is 0.0760 e. The summed E-state index contributed by atoms with van der Waals surface area (Å²) in [6, 6.07) is 78.1. The molecule has 1 aromatic heterocycles. The average Bonchev–Trinajstić information content (AvgIpc) is 3.89. The second-order valence-corrected chi connectivity index (χ2v) is 17.5. The number of benzene rings is 9. The summed E-state index contributed by atoms with van der Waals surface area (Å²) in [7, 11) is 0. The van der Waals surface area contributed by atoms with E-state index in [1.54, 1.807) is 0 Å². The molecule has 0 saturated heterocycles. The Hall–Kier alpha value is -7.22. The molecule has 0 saturated carbocycles. The molecule has 1 nitrogen and oxygen atoms in total. The first kappa shape index (κ1) is 33.7. The van der Waals surface area contributed by atoms with Crippen molar-refractivity contribution in [2.45, 2.75) is 30.6 Å². The van der Waals surface area contributed by atoms with E-state index in [1.807, 2.05) is 0 Å². The predicted molar refractivity (Wildman–Crippen MR) is 248 cm³/mol. The first-order chi connectivity index (χ1) is 29.6. The molecule has 1 heteroatoms. The van der Waals surface area contributed by atoms with Crippen LogP contribution in [-0.4, -0.2) is 4.57 Å². The lowest BCUT2D eigenvalue weighted by atomic mass is 9.63. The van der Waals surface area contributed by atoms with E-state index in [2.05, 4.69) is 225 Å². The summed E-state index contributed by atoms with van der Waals surface area (Å²) < 4.78 is 2.54. The quantitative estimate of drug-likeness (QED) is 0.157. The fourth-order valence-electron chi connectivity index (χ4n) is 12.0. The fraction of sp³-hybridized carbons (Fsp3) is 0.0847. The normalized spacial score (nSPS) is 16.6. The molecule has 0 bridgehead atoms. The summed E-state index contributed by atoms with van der Waals surface area (Å²) in [6.07, 6.45) is 0. The van der Waals surface area contributed by atoms with Crippen LogP contribution in [0.25, 0.3) is 60.9 Å². The van der Waals surface area contributed by atoms with Crippen LogP contribution in [-0.2, 0) is 10.8 Å². The number of hydrogen-bond acceptors (Lipinski definition) is 0. The standard InChI is InChI=1S/C59H41N/c1-58(2)47-30-11-9-25-45(47)55-46(29-18-33-50(55)58)54(37-19-4-3-5-20-37)41-24-7-6-21-38(41)42-26-16-27-43-39-22-8-12-31-48(39)59(56(42)43)49-32-13-15-36-53(49)60-52-35-14-10-23-40(52)44-28-17-34-51(59)57(44)60/h3-36,54H,1-2H3. The summed E-state index contributed by atoms with van der Waals surface area (Å²) in [5.41, 5.74) is 23.2. The summed E-state index contributed by atoms with van der Waals surface area (Å²) in [5, 5.41) is 2.59. The van der Waals surface area contributed by atoms with Crippen LogP contribution in [0, 0.1) is 0 Å². The Morgan fingerprint density at radius 3 is 1.78 bits per heavy atom. The van der Waals surface area contributed by atoms with Gasteiger partial charge in [-0.25, -0.2) is 0 Å². The lowest BCUT2D eigenvalue weighted by Crippen LogP contribution is -2.34. The molecule has 0 amide bonds. The van der Waals surface area contributed by atoms with Crippen molar-refractivity contribution in [3.05, 3.63) is 256 Å². The molecule has 1 aliphatic heterocycles. The molecule has 3 aliphatic rings. The second-order valence-electron chi connectivity index (χ2n) is 17.5. The Kier molecular flexibility index (Phi) is 6.84. The van der Waals surface area contributed by atoms with Crippen LogP contribution < -0.4 is 0 Å². The predicted octanol–water partition coefficient (Wildman–Crippen LogP) is 14.6. The highest BCUT2D eigenvalue weighted by Gasteiger charge is 2.52. The van der Waals surface area contributed by atoms with Gasteiger partial charge < -0.3 is 4.57 Å². The highest BCUT2D eigenvalue weighted by atomic mass is 15.0. The molecule has 2 aliphatic carbocycles. The van der Waals surface area contributed by atoms with E-state index in [1.165, 1.54) is 111 Å². The highest BCUT2D eigenvalue weighted by molar-refractivity contribution is 6.13. The van der Waals surface area contributed by atoms with Crippen molar-refractivity contribution in [1.82, 2.24) is 4.57 Å². The van der Waals surface area contributed by atoms with Crippen LogP contribution in [0.4, 0.5) is 0 Å². The number of hydrogen-bond donors (Lipinski definition) is 0. The van der Waals surface area contributed by atoms with E-state index in [-0.39, 0.29) is 11.3 Å².